The Bertz CT molecular complexity index is 994. The predicted molar refractivity (Wildman–Crippen MR) is 111 cm³/mol. The highest BCUT2D eigenvalue weighted by molar-refractivity contribution is 6.05. The van der Waals surface area contributed by atoms with E-state index in [0.29, 0.717) is 11.4 Å². The van der Waals surface area contributed by atoms with Crippen molar-refractivity contribution in [3.05, 3.63) is 60.7 Å². The van der Waals surface area contributed by atoms with Crippen LogP contribution in [0.3, 0.4) is 0 Å². The summed E-state index contributed by atoms with van der Waals surface area (Å²) in [5.74, 6) is 0.447. The van der Waals surface area contributed by atoms with E-state index in [2.05, 4.69) is 32.2 Å². The molecule has 1 aliphatic rings. The normalized spacial score (nSPS) is 16.5. The number of nitrogen functional groups attached to an aromatic ring is 1. The Labute approximate surface area is 168 Å². The van der Waals surface area contributed by atoms with Crippen molar-refractivity contribution in [2.24, 2.45) is 0 Å². The van der Waals surface area contributed by atoms with Crippen LogP contribution in [0.25, 0.3) is 11.3 Å². The summed E-state index contributed by atoms with van der Waals surface area (Å²) in [5, 5.41) is 2.72. The first kappa shape index (κ1) is 18.8. The van der Waals surface area contributed by atoms with Gasteiger partial charge in [-0.25, -0.2) is 9.97 Å². The Morgan fingerprint density at radius 3 is 2.76 bits per heavy atom. The SMILES string of the molecule is CN1CCC(Oc2ccc(-c3cnc(N)c(C(=O)Nc4cccnc4)n3)cc2)C1. The second kappa shape index (κ2) is 8.24. The second-order valence-corrected chi connectivity index (χ2v) is 7.00. The highest BCUT2D eigenvalue weighted by Crippen LogP contribution is 2.24. The lowest BCUT2D eigenvalue weighted by Gasteiger charge is -2.14. The summed E-state index contributed by atoms with van der Waals surface area (Å²) in [6.45, 7) is 1.98. The molecule has 0 saturated carbocycles. The Morgan fingerprint density at radius 1 is 1.24 bits per heavy atom. The predicted octanol–water partition coefficient (Wildman–Crippen LogP) is 2.46. The van der Waals surface area contributed by atoms with Crippen LogP contribution in [-0.4, -0.2) is 52.0 Å². The topological polar surface area (TPSA) is 106 Å². The molecule has 1 aromatic carbocycles. The van der Waals surface area contributed by atoms with Crippen LogP contribution in [0.2, 0.25) is 0 Å². The fraction of sp³-hybridized carbons (Fsp3) is 0.238. The van der Waals surface area contributed by atoms with E-state index in [0.717, 1.165) is 30.8 Å². The van der Waals surface area contributed by atoms with Gasteiger partial charge in [-0.1, -0.05) is 0 Å². The van der Waals surface area contributed by atoms with Crippen LogP contribution in [0.15, 0.2) is 55.0 Å². The Kier molecular flexibility index (Phi) is 5.35. The maximum Gasteiger partial charge on any atom is 0.278 e. The summed E-state index contributed by atoms with van der Waals surface area (Å²) in [5.41, 5.74) is 7.88. The van der Waals surface area contributed by atoms with Gasteiger partial charge in [0.25, 0.3) is 5.91 Å². The molecule has 0 radical (unpaired) electrons. The zero-order valence-electron chi connectivity index (χ0n) is 16.1. The highest BCUT2D eigenvalue weighted by atomic mass is 16.5. The first-order valence-corrected chi connectivity index (χ1v) is 9.38. The number of amides is 1. The molecule has 29 heavy (non-hydrogen) atoms. The molecule has 3 N–H and O–H groups in total. The van der Waals surface area contributed by atoms with Crippen LogP contribution in [0, 0.1) is 0 Å². The van der Waals surface area contributed by atoms with Gasteiger partial charge in [0.2, 0.25) is 0 Å². The molecule has 2 aromatic heterocycles. The van der Waals surface area contributed by atoms with Crippen molar-refractivity contribution in [1.29, 1.82) is 0 Å². The van der Waals surface area contributed by atoms with Gasteiger partial charge < -0.3 is 20.7 Å². The van der Waals surface area contributed by atoms with Crippen molar-refractivity contribution in [2.75, 3.05) is 31.2 Å². The Hall–Kier alpha value is -3.52. The van der Waals surface area contributed by atoms with Gasteiger partial charge >= 0.3 is 0 Å². The van der Waals surface area contributed by atoms with Gasteiger partial charge in [-0.05, 0) is 49.9 Å². The number of nitrogens with two attached hydrogens (primary N) is 1. The Morgan fingerprint density at radius 2 is 2.07 bits per heavy atom. The van der Waals surface area contributed by atoms with Crippen LogP contribution in [0.1, 0.15) is 16.9 Å². The molecule has 1 unspecified atom stereocenters. The number of likely N-dealkylation sites (N-methyl/N-ethyl adjacent to an activating group) is 1. The summed E-state index contributed by atoms with van der Waals surface area (Å²) in [6, 6.07) is 11.1. The molecule has 4 rings (SSSR count). The Balaban J connectivity index is 1.50. The fourth-order valence-electron chi connectivity index (χ4n) is 3.22. The number of likely N-dealkylation sites (tertiary alicyclic amines) is 1. The van der Waals surface area contributed by atoms with Crippen LogP contribution >= 0.6 is 0 Å². The van der Waals surface area contributed by atoms with Gasteiger partial charge in [-0.2, -0.15) is 0 Å². The first-order chi connectivity index (χ1) is 14.1. The zero-order chi connectivity index (χ0) is 20.2. The standard InChI is InChI=1S/C21H22N6O2/c1-27-10-8-17(13-27)29-16-6-4-14(5-7-16)18-12-24-20(22)19(26-18)21(28)25-15-3-2-9-23-11-15/h2-7,9,11-12,17H,8,10,13H2,1H3,(H2,22,24)(H,25,28). The molecule has 3 heterocycles. The van der Waals surface area contributed by atoms with Gasteiger partial charge in [0.05, 0.1) is 23.8 Å². The largest absolute Gasteiger partial charge is 0.489 e. The molecule has 1 saturated heterocycles. The molecule has 0 bridgehead atoms. The number of benzene rings is 1. The van der Waals surface area contributed by atoms with Crippen molar-refractivity contribution in [3.63, 3.8) is 0 Å². The first-order valence-electron chi connectivity index (χ1n) is 9.38. The molecule has 8 heteroatoms. The lowest BCUT2D eigenvalue weighted by molar-refractivity contribution is 0.102. The average molecular weight is 390 g/mol. The van der Waals surface area contributed by atoms with Crippen molar-refractivity contribution < 1.29 is 9.53 Å². The minimum Gasteiger partial charge on any atom is -0.489 e. The van der Waals surface area contributed by atoms with E-state index in [-0.39, 0.29) is 17.6 Å². The molecular weight excluding hydrogens is 368 g/mol. The molecule has 1 aliphatic heterocycles. The molecule has 0 spiro atoms. The number of carbonyl (C=O) groups is 1. The third-order valence-electron chi connectivity index (χ3n) is 4.74. The number of carbonyl (C=O) groups excluding carboxylic acids is 1. The number of pyridine rings is 1. The zero-order valence-corrected chi connectivity index (χ0v) is 16.1. The maximum atomic E-state index is 12.5. The number of aromatic nitrogens is 3. The third kappa shape index (κ3) is 4.49. The van der Waals surface area contributed by atoms with E-state index >= 15 is 0 Å². The monoisotopic (exact) mass is 390 g/mol. The summed E-state index contributed by atoms with van der Waals surface area (Å²) in [6.07, 6.45) is 5.97. The van der Waals surface area contributed by atoms with Gasteiger partial charge in [-0.3, -0.25) is 9.78 Å². The van der Waals surface area contributed by atoms with Crippen molar-refractivity contribution in [2.45, 2.75) is 12.5 Å². The molecule has 8 nitrogen and oxygen atoms in total. The number of nitrogens with zero attached hydrogens (tertiary/aromatic N) is 4. The van der Waals surface area contributed by atoms with Crippen molar-refractivity contribution >= 4 is 17.4 Å². The minimum absolute atomic E-state index is 0.0699. The van der Waals surface area contributed by atoms with Crippen molar-refractivity contribution in [3.8, 4) is 17.0 Å². The van der Waals surface area contributed by atoms with Gasteiger partial charge in [-0.15, -0.1) is 0 Å². The van der Waals surface area contributed by atoms with E-state index < -0.39 is 5.91 Å². The van der Waals surface area contributed by atoms with E-state index in [9.17, 15) is 4.79 Å². The fourth-order valence-corrected chi connectivity index (χ4v) is 3.22. The molecule has 1 fully saturated rings. The quantitative estimate of drug-likeness (QED) is 0.689. The van der Waals surface area contributed by atoms with Crippen LogP contribution in [0.4, 0.5) is 11.5 Å². The van der Waals surface area contributed by atoms with Crippen LogP contribution in [0.5, 0.6) is 5.75 Å². The third-order valence-corrected chi connectivity index (χ3v) is 4.74. The van der Waals surface area contributed by atoms with Gasteiger partial charge in [0.1, 0.15) is 11.9 Å². The minimum atomic E-state index is -0.435. The van der Waals surface area contributed by atoms with Crippen LogP contribution in [-0.2, 0) is 0 Å². The van der Waals surface area contributed by atoms with E-state index in [4.69, 9.17) is 10.5 Å². The van der Waals surface area contributed by atoms with E-state index in [1.165, 1.54) is 0 Å². The second-order valence-electron chi connectivity index (χ2n) is 7.00. The van der Waals surface area contributed by atoms with Crippen LogP contribution < -0.4 is 15.8 Å². The number of nitrogens with one attached hydrogen (secondary N) is 1. The average Bonchev–Trinajstić information content (AvgIpc) is 3.14. The highest BCUT2D eigenvalue weighted by Gasteiger charge is 2.21. The molecule has 3 aromatic rings. The summed E-state index contributed by atoms with van der Waals surface area (Å²) in [7, 11) is 2.09. The lowest BCUT2D eigenvalue weighted by Crippen LogP contribution is -2.21. The number of rotatable bonds is 5. The number of hydrogen-bond donors (Lipinski definition) is 2. The van der Waals surface area contributed by atoms with Crippen molar-refractivity contribution in [1.82, 2.24) is 19.9 Å². The number of hydrogen-bond acceptors (Lipinski definition) is 7. The van der Waals surface area contributed by atoms with E-state index in [1.54, 1.807) is 30.7 Å². The van der Waals surface area contributed by atoms with Gasteiger partial charge in [0.15, 0.2) is 11.5 Å². The van der Waals surface area contributed by atoms with E-state index in [1.807, 2.05) is 24.3 Å². The number of ether oxygens (including phenoxy) is 1. The summed E-state index contributed by atoms with van der Waals surface area (Å²) in [4.78, 5) is 27.3. The van der Waals surface area contributed by atoms with Gasteiger partial charge in [0, 0.05) is 24.8 Å². The summed E-state index contributed by atoms with van der Waals surface area (Å²) < 4.78 is 6.02. The molecule has 1 atom stereocenters. The summed E-state index contributed by atoms with van der Waals surface area (Å²) >= 11 is 0. The maximum absolute atomic E-state index is 12.5. The smallest absolute Gasteiger partial charge is 0.278 e. The number of anilines is 2. The molecule has 0 aliphatic carbocycles. The molecule has 148 valence electrons. The lowest BCUT2D eigenvalue weighted by atomic mass is 10.1. The molecular formula is C21H22N6O2. The molecule has 1 amide bonds.